The maximum atomic E-state index is 12.9. The maximum Gasteiger partial charge on any atom is 0.264 e. The first-order chi connectivity index (χ1) is 12.3. The summed E-state index contributed by atoms with van der Waals surface area (Å²) in [5, 5.41) is 0. The molecule has 0 saturated carbocycles. The molecular weight excluding hydrogens is 361 g/mol. The van der Waals surface area contributed by atoms with Crippen LogP contribution in [-0.4, -0.2) is 38.1 Å². The predicted octanol–water partition coefficient (Wildman–Crippen LogP) is 2.70. The summed E-state index contributed by atoms with van der Waals surface area (Å²) in [5.41, 5.74) is 0.879. The maximum absolute atomic E-state index is 12.9. The molecule has 0 radical (unpaired) electrons. The molecule has 1 fully saturated rings. The van der Waals surface area contributed by atoms with Crippen molar-refractivity contribution in [2.75, 3.05) is 12.8 Å². The van der Waals surface area contributed by atoms with Gasteiger partial charge in [-0.3, -0.25) is 8.98 Å². The molecule has 1 amide bonds. The number of hydrogen-bond acceptors (Lipinski definition) is 5. The monoisotopic (exact) mass is 379 g/mol. The van der Waals surface area contributed by atoms with Crippen LogP contribution in [0.3, 0.4) is 0 Å². The number of likely N-dealkylation sites (tertiary alicyclic amines) is 1. The van der Waals surface area contributed by atoms with E-state index in [4.69, 9.17) is 8.92 Å². The zero-order valence-corrected chi connectivity index (χ0v) is 14.9. The number of halogens is 1. The van der Waals surface area contributed by atoms with Gasteiger partial charge in [0.1, 0.15) is 23.4 Å². The number of rotatable bonds is 6. The molecule has 2 aromatic carbocycles. The lowest BCUT2D eigenvalue weighted by Gasteiger charge is -2.16. The standard InChI is InChI=1S/C18H18FNO5S/c1-26(22,23)25-17-10-18(21)20(12-17)11-13-2-6-15(7-3-13)24-16-8-4-14(19)5-9-16/h2-9,17H,10-12H2,1H3. The van der Waals surface area contributed by atoms with Crippen LogP contribution in [-0.2, 0) is 25.6 Å². The van der Waals surface area contributed by atoms with Crippen molar-refractivity contribution in [2.45, 2.75) is 19.1 Å². The highest BCUT2D eigenvalue weighted by Crippen LogP contribution is 2.23. The molecule has 138 valence electrons. The van der Waals surface area contributed by atoms with Gasteiger partial charge in [0.05, 0.1) is 12.7 Å². The molecule has 0 bridgehead atoms. The van der Waals surface area contributed by atoms with Crippen molar-refractivity contribution in [1.29, 1.82) is 0 Å². The van der Waals surface area contributed by atoms with Crippen molar-refractivity contribution in [1.82, 2.24) is 4.90 Å². The van der Waals surface area contributed by atoms with Crippen LogP contribution in [0, 0.1) is 5.82 Å². The SMILES string of the molecule is CS(=O)(=O)OC1CC(=O)N(Cc2ccc(Oc3ccc(F)cc3)cc2)C1. The highest BCUT2D eigenvalue weighted by atomic mass is 32.2. The van der Waals surface area contributed by atoms with E-state index < -0.39 is 16.2 Å². The predicted molar refractivity (Wildman–Crippen MR) is 92.7 cm³/mol. The molecule has 0 aliphatic carbocycles. The third kappa shape index (κ3) is 5.03. The summed E-state index contributed by atoms with van der Waals surface area (Å²) in [5.74, 6) is 0.632. The van der Waals surface area contributed by atoms with Crippen molar-refractivity contribution in [3.63, 3.8) is 0 Å². The van der Waals surface area contributed by atoms with Crippen LogP contribution in [0.25, 0.3) is 0 Å². The summed E-state index contributed by atoms with van der Waals surface area (Å²) in [6, 6.07) is 12.8. The van der Waals surface area contributed by atoms with Crippen LogP contribution in [0.1, 0.15) is 12.0 Å². The van der Waals surface area contributed by atoms with Gasteiger partial charge in [-0.05, 0) is 42.0 Å². The Morgan fingerprint density at radius 3 is 2.23 bits per heavy atom. The Kier molecular flexibility index (Phi) is 5.24. The Labute approximate surface area is 151 Å². The van der Waals surface area contributed by atoms with Crippen LogP contribution in [0.2, 0.25) is 0 Å². The fourth-order valence-electron chi connectivity index (χ4n) is 2.72. The van der Waals surface area contributed by atoms with Crippen LogP contribution < -0.4 is 4.74 Å². The number of carbonyl (C=O) groups excluding carboxylic acids is 1. The van der Waals surface area contributed by atoms with Crippen LogP contribution in [0.4, 0.5) is 4.39 Å². The van der Waals surface area contributed by atoms with Gasteiger partial charge in [0.2, 0.25) is 5.91 Å². The second kappa shape index (κ2) is 7.43. The lowest BCUT2D eigenvalue weighted by atomic mass is 10.2. The van der Waals surface area contributed by atoms with Crippen LogP contribution in [0.15, 0.2) is 48.5 Å². The molecule has 6 nitrogen and oxygen atoms in total. The van der Waals surface area contributed by atoms with Crippen molar-refractivity contribution < 1.29 is 26.5 Å². The van der Waals surface area contributed by atoms with Gasteiger partial charge in [-0.25, -0.2) is 4.39 Å². The number of benzene rings is 2. The van der Waals surface area contributed by atoms with E-state index in [0.717, 1.165) is 11.8 Å². The molecule has 2 aromatic rings. The topological polar surface area (TPSA) is 72.9 Å². The van der Waals surface area contributed by atoms with Gasteiger partial charge in [0, 0.05) is 13.1 Å². The van der Waals surface area contributed by atoms with E-state index in [1.165, 1.54) is 24.3 Å². The molecular formula is C18H18FNO5S. The Bertz CT molecular complexity index is 881. The fourth-order valence-corrected chi connectivity index (χ4v) is 3.35. The third-order valence-electron chi connectivity index (χ3n) is 3.84. The Morgan fingerprint density at radius 1 is 1.08 bits per heavy atom. The minimum atomic E-state index is -3.58. The molecule has 1 heterocycles. The van der Waals surface area contributed by atoms with Crippen LogP contribution in [0.5, 0.6) is 11.5 Å². The molecule has 1 unspecified atom stereocenters. The minimum Gasteiger partial charge on any atom is -0.457 e. The highest BCUT2D eigenvalue weighted by Gasteiger charge is 2.32. The first kappa shape index (κ1) is 18.3. The summed E-state index contributed by atoms with van der Waals surface area (Å²) in [6.45, 7) is 0.596. The summed E-state index contributed by atoms with van der Waals surface area (Å²) in [4.78, 5) is 13.6. The van der Waals surface area contributed by atoms with E-state index in [2.05, 4.69) is 0 Å². The van der Waals surface area contributed by atoms with E-state index >= 15 is 0 Å². The van der Waals surface area contributed by atoms with E-state index in [1.54, 1.807) is 17.0 Å². The average molecular weight is 379 g/mol. The average Bonchev–Trinajstić information content (AvgIpc) is 2.89. The second-order valence-electron chi connectivity index (χ2n) is 6.10. The van der Waals surface area contributed by atoms with Crippen molar-refractivity contribution in [3.8, 4) is 11.5 Å². The van der Waals surface area contributed by atoms with Gasteiger partial charge in [-0.1, -0.05) is 12.1 Å². The Balaban J connectivity index is 1.59. The molecule has 1 aliphatic rings. The van der Waals surface area contributed by atoms with Gasteiger partial charge in [-0.2, -0.15) is 8.42 Å². The normalized spacial score (nSPS) is 17.5. The number of hydrogen-bond donors (Lipinski definition) is 0. The molecule has 1 saturated heterocycles. The van der Waals surface area contributed by atoms with Gasteiger partial charge in [0.25, 0.3) is 10.1 Å². The number of carbonyl (C=O) groups is 1. The van der Waals surface area contributed by atoms with Crippen molar-refractivity contribution in [2.24, 2.45) is 0 Å². The molecule has 26 heavy (non-hydrogen) atoms. The zero-order valence-electron chi connectivity index (χ0n) is 14.1. The summed E-state index contributed by atoms with van der Waals surface area (Å²) < 4.78 is 45.8. The van der Waals surface area contributed by atoms with Gasteiger partial charge >= 0.3 is 0 Å². The number of ether oxygens (including phenoxy) is 1. The van der Waals surface area contributed by atoms with E-state index in [1.807, 2.05) is 12.1 Å². The zero-order chi connectivity index (χ0) is 18.7. The Morgan fingerprint density at radius 2 is 1.65 bits per heavy atom. The Hall–Kier alpha value is -2.45. The van der Waals surface area contributed by atoms with E-state index in [-0.39, 0.29) is 24.7 Å². The van der Waals surface area contributed by atoms with E-state index in [9.17, 15) is 17.6 Å². The van der Waals surface area contributed by atoms with Crippen molar-refractivity contribution >= 4 is 16.0 Å². The van der Waals surface area contributed by atoms with Gasteiger partial charge in [-0.15, -0.1) is 0 Å². The van der Waals surface area contributed by atoms with Crippen LogP contribution >= 0.6 is 0 Å². The lowest BCUT2D eigenvalue weighted by Crippen LogP contribution is -2.26. The summed E-state index contributed by atoms with van der Waals surface area (Å²) in [7, 11) is -3.58. The van der Waals surface area contributed by atoms with Crippen molar-refractivity contribution in [3.05, 3.63) is 59.9 Å². The lowest BCUT2D eigenvalue weighted by molar-refractivity contribution is -0.128. The summed E-state index contributed by atoms with van der Waals surface area (Å²) in [6.07, 6.45) is 0.386. The minimum absolute atomic E-state index is 0.0544. The third-order valence-corrected chi connectivity index (χ3v) is 4.46. The largest absolute Gasteiger partial charge is 0.457 e. The molecule has 1 atom stereocenters. The highest BCUT2D eigenvalue weighted by molar-refractivity contribution is 7.86. The molecule has 3 rings (SSSR count). The quantitative estimate of drug-likeness (QED) is 0.722. The molecule has 0 aromatic heterocycles. The smallest absolute Gasteiger partial charge is 0.264 e. The van der Waals surface area contributed by atoms with Gasteiger partial charge in [0.15, 0.2) is 0 Å². The molecule has 8 heteroatoms. The first-order valence-electron chi connectivity index (χ1n) is 7.97. The fraction of sp³-hybridized carbons (Fsp3) is 0.278. The molecule has 1 aliphatic heterocycles. The summed E-state index contributed by atoms with van der Waals surface area (Å²) >= 11 is 0. The first-order valence-corrected chi connectivity index (χ1v) is 9.78. The number of nitrogens with zero attached hydrogens (tertiary/aromatic N) is 1. The van der Waals surface area contributed by atoms with E-state index in [0.29, 0.717) is 18.0 Å². The number of amides is 1. The van der Waals surface area contributed by atoms with Gasteiger partial charge < -0.3 is 9.64 Å². The molecule has 0 N–H and O–H groups in total. The molecule has 0 spiro atoms. The second-order valence-corrected chi connectivity index (χ2v) is 7.70.